The highest BCUT2D eigenvalue weighted by molar-refractivity contribution is 6.15. The van der Waals surface area contributed by atoms with Crippen LogP contribution in [-0.2, 0) is 0 Å². The molecule has 0 aromatic heterocycles. The van der Waals surface area contributed by atoms with Crippen LogP contribution in [0.15, 0.2) is 23.4 Å². The minimum atomic E-state index is -1.17. The molecule has 96 valence electrons. The Labute approximate surface area is 108 Å². The summed E-state index contributed by atoms with van der Waals surface area (Å²) in [6, 6.07) is -0.190. The molecule has 0 aromatic carbocycles. The van der Waals surface area contributed by atoms with Crippen molar-refractivity contribution in [2.24, 2.45) is 5.92 Å². The van der Waals surface area contributed by atoms with Gasteiger partial charge in [-0.2, -0.15) is 0 Å². The zero-order chi connectivity index (χ0) is 13.6. The fraction of sp³-hybridized carbons (Fsp3) is 0.714. The fourth-order valence-electron chi connectivity index (χ4n) is 1.82. The first-order valence-corrected chi connectivity index (χ1v) is 6.54. The van der Waals surface area contributed by atoms with E-state index in [0.29, 0.717) is 12.3 Å². The summed E-state index contributed by atoms with van der Waals surface area (Å²) in [5.41, 5.74) is 1.31. The average Bonchev–Trinajstić information content (AvgIpc) is 2.31. The minimum absolute atomic E-state index is 0.190. The monoisotopic (exact) mass is 235 g/mol. The van der Waals surface area contributed by atoms with Gasteiger partial charge in [-0.05, 0) is 30.4 Å². The number of nitrogens with one attached hydrogen (secondary N) is 1. The van der Waals surface area contributed by atoms with Crippen molar-refractivity contribution in [3.05, 3.63) is 23.4 Å². The van der Waals surface area contributed by atoms with Crippen molar-refractivity contribution in [3.8, 4) is 0 Å². The molecule has 0 saturated carbocycles. The van der Waals surface area contributed by atoms with Gasteiger partial charge in [-0.1, -0.05) is 40.7 Å². The topological polar surface area (TPSA) is 32.3 Å². The maximum absolute atomic E-state index is 9.93. The van der Waals surface area contributed by atoms with Gasteiger partial charge < -0.3 is 10.4 Å². The Balaban J connectivity index is 0.00000121. The first kappa shape index (κ1) is 16.3. The van der Waals surface area contributed by atoms with Crippen molar-refractivity contribution in [2.75, 3.05) is 0 Å². The van der Waals surface area contributed by atoms with Crippen molar-refractivity contribution in [1.82, 2.24) is 5.32 Å². The van der Waals surface area contributed by atoms with Gasteiger partial charge in [0.15, 0.2) is 0 Å². The number of hydrogen-bond donors (Lipinski definition) is 2. The van der Waals surface area contributed by atoms with Crippen LogP contribution in [-0.4, -0.2) is 24.5 Å². The van der Waals surface area contributed by atoms with Crippen LogP contribution in [0.3, 0.4) is 0 Å². The second-order valence-electron chi connectivity index (χ2n) is 4.59. The normalized spacial score (nSPS) is 22.7. The van der Waals surface area contributed by atoms with E-state index < -0.39 is 5.50 Å². The molecule has 0 amide bonds. The van der Waals surface area contributed by atoms with Gasteiger partial charge in [0.25, 0.3) is 0 Å². The molecule has 2 nitrogen and oxygen atoms in total. The van der Waals surface area contributed by atoms with Gasteiger partial charge in [-0.15, -0.1) is 0 Å². The Morgan fingerprint density at radius 2 is 2.00 bits per heavy atom. The maximum atomic E-state index is 9.93. The van der Waals surface area contributed by atoms with Crippen molar-refractivity contribution < 1.29 is 5.11 Å². The Hall–Kier alpha value is -0.695. The lowest BCUT2D eigenvalue weighted by Gasteiger charge is -2.34. The summed E-state index contributed by atoms with van der Waals surface area (Å²) < 4.78 is 0. The third-order valence-corrected chi connectivity index (χ3v) is 3.02. The number of rotatable bonds is 3. The lowest BCUT2D eigenvalue weighted by molar-refractivity contribution is 0.0999. The van der Waals surface area contributed by atoms with E-state index in [0.717, 1.165) is 0 Å². The van der Waals surface area contributed by atoms with E-state index in [1.165, 1.54) is 11.1 Å². The molecule has 0 bridgehead atoms. The molecule has 2 N–H and O–H groups in total. The third kappa shape index (κ3) is 4.23. The Kier molecular flexibility index (Phi) is 6.62. The summed E-state index contributed by atoms with van der Waals surface area (Å²) in [5.74, 6) is 0.488. The lowest BCUT2D eigenvalue weighted by Crippen LogP contribution is -2.49. The van der Waals surface area contributed by atoms with Crippen molar-refractivity contribution in [2.45, 2.75) is 59.5 Å². The zero-order valence-electron chi connectivity index (χ0n) is 12.0. The fourth-order valence-corrected chi connectivity index (χ4v) is 1.82. The molecule has 17 heavy (non-hydrogen) atoms. The van der Waals surface area contributed by atoms with Crippen LogP contribution in [0.2, 0.25) is 0 Å². The number of hydrogen-bond acceptors (Lipinski definition) is 2. The molecule has 2 atom stereocenters. The second kappa shape index (κ2) is 6.90. The molecular formula is C14H26BNO. The van der Waals surface area contributed by atoms with E-state index in [-0.39, 0.29) is 6.04 Å². The van der Waals surface area contributed by atoms with Gasteiger partial charge in [0.1, 0.15) is 7.85 Å². The smallest absolute Gasteiger partial charge is 0.116 e. The molecule has 0 spiro atoms. The van der Waals surface area contributed by atoms with Gasteiger partial charge in [-0.25, -0.2) is 0 Å². The molecule has 1 rings (SSSR count). The Morgan fingerprint density at radius 1 is 1.47 bits per heavy atom. The Bertz CT molecular complexity index is 293. The molecule has 0 aliphatic carbocycles. The first-order valence-electron chi connectivity index (χ1n) is 6.54. The maximum Gasteiger partial charge on any atom is 0.116 e. The highest BCUT2D eigenvalue weighted by Crippen LogP contribution is 2.25. The first-order chi connectivity index (χ1) is 7.88. The molecule has 0 fully saturated rings. The van der Waals surface area contributed by atoms with Gasteiger partial charge in [0.2, 0.25) is 0 Å². The summed E-state index contributed by atoms with van der Waals surface area (Å²) in [6.07, 6.45) is 4.51. The lowest BCUT2D eigenvalue weighted by atomic mass is 9.72. The molecule has 0 aromatic rings. The van der Waals surface area contributed by atoms with E-state index >= 15 is 0 Å². The van der Waals surface area contributed by atoms with Crippen LogP contribution in [0, 0.1) is 5.92 Å². The predicted octanol–water partition coefficient (Wildman–Crippen LogP) is 2.74. The molecule has 0 saturated heterocycles. The largest absolute Gasteiger partial charge is 0.397 e. The van der Waals surface area contributed by atoms with E-state index in [1.807, 2.05) is 33.0 Å². The van der Waals surface area contributed by atoms with Crippen LogP contribution >= 0.6 is 0 Å². The van der Waals surface area contributed by atoms with Gasteiger partial charge >= 0.3 is 0 Å². The number of dihydropyridines is 1. The highest BCUT2D eigenvalue weighted by Gasteiger charge is 2.29. The molecular weight excluding hydrogens is 209 g/mol. The number of allylic oxidation sites excluding steroid dienone is 2. The Morgan fingerprint density at radius 3 is 2.35 bits per heavy atom. The van der Waals surface area contributed by atoms with Crippen LogP contribution in [0.5, 0.6) is 0 Å². The quantitative estimate of drug-likeness (QED) is 0.737. The molecule has 2 radical (unpaired) electrons. The van der Waals surface area contributed by atoms with Gasteiger partial charge in [0, 0.05) is 11.7 Å². The van der Waals surface area contributed by atoms with Crippen LogP contribution < -0.4 is 5.32 Å². The molecule has 1 heterocycles. The molecule has 1 aliphatic rings. The SMILES string of the molecule is CC.[B]C(O)(CC)C1C=C(C)C(C(C)C)=CN1. The van der Waals surface area contributed by atoms with E-state index in [9.17, 15) is 5.11 Å². The summed E-state index contributed by atoms with van der Waals surface area (Å²) in [6.45, 7) is 12.2. The molecule has 2 unspecified atom stereocenters. The van der Waals surface area contributed by atoms with Gasteiger partial charge in [-0.3, -0.25) is 0 Å². The standard InChI is InChI=1S/C12H20BNO.C2H6/c1-5-12(13,15)11-6-9(4)10(7-14-11)8(2)3;1-2/h6-8,11,14-15H,5H2,1-4H3;1-2H3. The average molecular weight is 235 g/mol. The van der Waals surface area contributed by atoms with E-state index in [1.54, 1.807) is 0 Å². The zero-order valence-corrected chi connectivity index (χ0v) is 12.0. The molecule has 3 heteroatoms. The highest BCUT2D eigenvalue weighted by atomic mass is 16.3. The van der Waals surface area contributed by atoms with Crippen LogP contribution in [0.25, 0.3) is 0 Å². The van der Waals surface area contributed by atoms with Crippen molar-refractivity contribution in [3.63, 3.8) is 0 Å². The summed E-state index contributed by atoms with van der Waals surface area (Å²) in [7, 11) is 5.79. The molecule has 1 aliphatic heterocycles. The van der Waals surface area contributed by atoms with Crippen LogP contribution in [0.1, 0.15) is 48.0 Å². The van der Waals surface area contributed by atoms with Crippen molar-refractivity contribution >= 4 is 7.85 Å². The van der Waals surface area contributed by atoms with E-state index in [4.69, 9.17) is 7.85 Å². The predicted molar refractivity (Wildman–Crippen MR) is 75.9 cm³/mol. The van der Waals surface area contributed by atoms with Gasteiger partial charge in [0.05, 0.1) is 6.04 Å². The van der Waals surface area contributed by atoms with Crippen LogP contribution in [0.4, 0.5) is 0 Å². The summed E-state index contributed by atoms with van der Waals surface area (Å²) >= 11 is 0. The second-order valence-corrected chi connectivity index (χ2v) is 4.59. The van der Waals surface area contributed by atoms with Crippen molar-refractivity contribution in [1.29, 1.82) is 0 Å². The summed E-state index contributed by atoms with van der Waals surface area (Å²) in [5, 5.41) is 13.1. The number of aliphatic hydroxyl groups is 1. The summed E-state index contributed by atoms with van der Waals surface area (Å²) in [4.78, 5) is 0. The van der Waals surface area contributed by atoms with E-state index in [2.05, 4.69) is 26.1 Å². The third-order valence-electron chi connectivity index (χ3n) is 3.02. The minimum Gasteiger partial charge on any atom is -0.397 e.